The van der Waals surface area contributed by atoms with Gasteiger partial charge in [0.1, 0.15) is 0 Å². The van der Waals surface area contributed by atoms with Gasteiger partial charge >= 0.3 is 0 Å². The van der Waals surface area contributed by atoms with Crippen molar-refractivity contribution in [2.45, 2.75) is 53.4 Å². The fourth-order valence-electron chi connectivity index (χ4n) is 2.13. The Morgan fingerprint density at radius 2 is 1.93 bits per heavy atom. The van der Waals surface area contributed by atoms with Gasteiger partial charge in [0.05, 0.1) is 0 Å². The standard InChI is InChI=1S/C13H27N/c1-5-7-14-10-12-8-11(12)9-13(3,4)6-2/h11-12,14H,5-10H2,1-4H3. The van der Waals surface area contributed by atoms with Crippen LogP contribution in [0.1, 0.15) is 53.4 Å². The second-order valence-corrected chi connectivity index (χ2v) is 5.68. The number of hydrogen-bond acceptors (Lipinski definition) is 1. The largest absolute Gasteiger partial charge is 0.316 e. The molecule has 14 heavy (non-hydrogen) atoms. The molecule has 0 bridgehead atoms. The molecule has 0 aromatic rings. The van der Waals surface area contributed by atoms with Crippen LogP contribution in [0.3, 0.4) is 0 Å². The molecule has 0 spiro atoms. The van der Waals surface area contributed by atoms with Crippen molar-refractivity contribution in [3.05, 3.63) is 0 Å². The van der Waals surface area contributed by atoms with Crippen molar-refractivity contribution in [1.82, 2.24) is 5.32 Å². The Balaban J connectivity index is 2.08. The van der Waals surface area contributed by atoms with E-state index in [1.165, 1.54) is 38.8 Å². The monoisotopic (exact) mass is 197 g/mol. The summed E-state index contributed by atoms with van der Waals surface area (Å²) in [5.74, 6) is 2.02. The molecule has 1 nitrogen and oxygen atoms in total. The van der Waals surface area contributed by atoms with E-state index in [0.29, 0.717) is 5.41 Å². The molecule has 0 saturated heterocycles. The van der Waals surface area contributed by atoms with Crippen molar-refractivity contribution in [2.75, 3.05) is 13.1 Å². The number of rotatable bonds is 7. The van der Waals surface area contributed by atoms with E-state index in [9.17, 15) is 0 Å². The minimum atomic E-state index is 0.574. The first-order valence-corrected chi connectivity index (χ1v) is 6.29. The van der Waals surface area contributed by atoms with Gasteiger partial charge in [-0.15, -0.1) is 0 Å². The average Bonchev–Trinajstić information content (AvgIpc) is 2.84. The molecule has 0 aliphatic heterocycles. The van der Waals surface area contributed by atoms with Crippen LogP contribution >= 0.6 is 0 Å². The van der Waals surface area contributed by atoms with E-state index in [0.717, 1.165) is 11.8 Å². The third kappa shape index (κ3) is 4.00. The summed E-state index contributed by atoms with van der Waals surface area (Å²) >= 11 is 0. The summed E-state index contributed by atoms with van der Waals surface area (Å²) in [6, 6.07) is 0. The van der Waals surface area contributed by atoms with Gasteiger partial charge in [0, 0.05) is 0 Å². The lowest BCUT2D eigenvalue weighted by Crippen LogP contribution is -2.19. The molecule has 1 N–H and O–H groups in total. The van der Waals surface area contributed by atoms with Crippen LogP contribution in [0.4, 0.5) is 0 Å². The summed E-state index contributed by atoms with van der Waals surface area (Å²) in [6.07, 6.45) is 5.48. The quantitative estimate of drug-likeness (QED) is 0.616. The molecule has 0 aromatic carbocycles. The van der Waals surface area contributed by atoms with Crippen molar-refractivity contribution in [1.29, 1.82) is 0 Å². The van der Waals surface area contributed by atoms with E-state index in [4.69, 9.17) is 0 Å². The summed E-state index contributed by atoms with van der Waals surface area (Å²) in [4.78, 5) is 0. The zero-order valence-electron chi connectivity index (χ0n) is 10.4. The third-order valence-electron chi connectivity index (χ3n) is 3.67. The van der Waals surface area contributed by atoms with Crippen LogP contribution in [0.2, 0.25) is 0 Å². The van der Waals surface area contributed by atoms with Crippen molar-refractivity contribution >= 4 is 0 Å². The number of nitrogens with one attached hydrogen (secondary N) is 1. The molecule has 0 radical (unpaired) electrons. The molecule has 1 aliphatic rings. The molecule has 2 atom stereocenters. The van der Waals surface area contributed by atoms with Crippen LogP contribution in [-0.2, 0) is 0 Å². The minimum Gasteiger partial charge on any atom is -0.316 e. The van der Waals surface area contributed by atoms with Gasteiger partial charge in [0.15, 0.2) is 0 Å². The van der Waals surface area contributed by atoms with Crippen molar-refractivity contribution in [3.8, 4) is 0 Å². The smallest absolute Gasteiger partial charge is 0.00178 e. The Morgan fingerprint density at radius 1 is 1.21 bits per heavy atom. The Kier molecular flexibility index (Phi) is 4.43. The van der Waals surface area contributed by atoms with Crippen LogP contribution in [0.5, 0.6) is 0 Å². The lowest BCUT2D eigenvalue weighted by molar-refractivity contribution is 0.295. The van der Waals surface area contributed by atoms with Crippen molar-refractivity contribution in [3.63, 3.8) is 0 Å². The topological polar surface area (TPSA) is 12.0 Å². The first-order valence-electron chi connectivity index (χ1n) is 6.29. The lowest BCUT2D eigenvalue weighted by atomic mass is 9.84. The van der Waals surface area contributed by atoms with Crippen LogP contribution in [0.15, 0.2) is 0 Å². The Labute approximate surface area is 89.7 Å². The maximum atomic E-state index is 3.53. The van der Waals surface area contributed by atoms with E-state index in [1.807, 2.05) is 0 Å². The van der Waals surface area contributed by atoms with E-state index in [1.54, 1.807) is 0 Å². The molecule has 0 aromatic heterocycles. The van der Waals surface area contributed by atoms with E-state index >= 15 is 0 Å². The Hall–Kier alpha value is -0.0400. The van der Waals surface area contributed by atoms with E-state index < -0.39 is 0 Å². The fourth-order valence-corrected chi connectivity index (χ4v) is 2.13. The molecular formula is C13H27N. The zero-order valence-corrected chi connectivity index (χ0v) is 10.4. The summed E-state index contributed by atoms with van der Waals surface area (Å²) in [5, 5.41) is 3.53. The normalized spacial score (nSPS) is 26.6. The van der Waals surface area contributed by atoms with Gasteiger partial charge in [-0.2, -0.15) is 0 Å². The molecule has 2 unspecified atom stereocenters. The molecule has 1 heteroatoms. The summed E-state index contributed by atoms with van der Waals surface area (Å²) < 4.78 is 0. The molecule has 0 heterocycles. The predicted molar refractivity (Wildman–Crippen MR) is 63.4 cm³/mol. The molecule has 1 rings (SSSR count). The maximum absolute atomic E-state index is 3.53. The molecule has 0 amide bonds. The van der Waals surface area contributed by atoms with E-state index in [2.05, 4.69) is 33.0 Å². The second-order valence-electron chi connectivity index (χ2n) is 5.68. The van der Waals surface area contributed by atoms with Crippen LogP contribution in [-0.4, -0.2) is 13.1 Å². The molecule has 1 fully saturated rings. The average molecular weight is 197 g/mol. The van der Waals surface area contributed by atoms with Gasteiger partial charge in [0.2, 0.25) is 0 Å². The fraction of sp³-hybridized carbons (Fsp3) is 1.00. The van der Waals surface area contributed by atoms with Gasteiger partial charge in [-0.25, -0.2) is 0 Å². The first-order chi connectivity index (χ1) is 6.59. The minimum absolute atomic E-state index is 0.574. The van der Waals surface area contributed by atoms with Gasteiger partial charge in [-0.05, 0) is 49.6 Å². The molecule has 1 saturated carbocycles. The van der Waals surface area contributed by atoms with Gasteiger partial charge in [-0.1, -0.05) is 34.1 Å². The SMILES string of the molecule is CCCNCC1CC1CC(C)(C)CC. The highest BCUT2D eigenvalue weighted by Crippen LogP contribution is 2.46. The van der Waals surface area contributed by atoms with Crippen LogP contribution in [0.25, 0.3) is 0 Å². The predicted octanol–water partition coefficient (Wildman–Crippen LogP) is 3.45. The van der Waals surface area contributed by atoms with Crippen molar-refractivity contribution in [2.24, 2.45) is 17.3 Å². The highest BCUT2D eigenvalue weighted by Gasteiger charge is 2.39. The lowest BCUT2D eigenvalue weighted by Gasteiger charge is -2.22. The molecular weight excluding hydrogens is 170 g/mol. The van der Waals surface area contributed by atoms with Gasteiger partial charge in [0.25, 0.3) is 0 Å². The Bertz CT molecular complexity index is 163. The highest BCUT2D eigenvalue weighted by atomic mass is 14.9. The summed E-state index contributed by atoms with van der Waals surface area (Å²) in [7, 11) is 0. The summed E-state index contributed by atoms with van der Waals surface area (Å²) in [5.41, 5.74) is 0.574. The highest BCUT2D eigenvalue weighted by molar-refractivity contribution is 4.90. The third-order valence-corrected chi connectivity index (χ3v) is 3.67. The molecule has 1 aliphatic carbocycles. The second kappa shape index (κ2) is 5.16. The molecule has 84 valence electrons. The summed E-state index contributed by atoms with van der Waals surface area (Å²) in [6.45, 7) is 11.8. The zero-order chi connectivity index (χ0) is 10.6. The van der Waals surface area contributed by atoms with Crippen LogP contribution < -0.4 is 5.32 Å². The van der Waals surface area contributed by atoms with Crippen LogP contribution in [0, 0.1) is 17.3 Å². The van der Waals surface area contributed by atoms with Crippen molar-refractivity contribution < 1.29 is 0 Å². The number of hydrogen-bond donors (Lipinski definition) is 1. The maximum Gasteiger partial charge on any atom is -0.00178 e. The Morgan fingerprint density at radius 3 is 2.50 bits per heavy atom. The van der Waals surface area contributed by atoms with E-state index in [-0.39, 0.29) is 0 Å². The van der Waals surface area contributed by atoms with Gasteiger partial charge < -0.3 is 5.32 Å². The first kappa shape index (κ1) is 12.0. The van der Waals surface area contributed by atoms with Gasteiger partial charge in [-0.3, -0.25) is 0 Å².